The lowest BCUT2D eigenvalue weighted by atomic mass is 10.1. The minimum Gasteiger partial charge on any atom is -0.324 e. The number of hydrogen-bond donors (Lipinski definition) is 2. The minimum atomic E-state index is -0.253. The van der Waals surface area contributed by atoms with Crippen LogP contribution in [0.3, 0.4) is 0 Å². The van der Waals surface area contributed by atoms with Gasteiger partial charge >= 0.3 is 0 Å². The van der Waals surface area contributed by atoms with Crippen molar-refractivity contribution in [1.82, 2.24) is 9.97 Å². The highest BCUT2D eigenvalue weighted by Gasteiger charge is 2.11. The zero-order valence-corrected chi connectivity index (χ0v) is 15.2. The zero-order chi connectivity index (χ0) is 18.5. The van der Waals surface area contributed by atoms with Gasteiger partial charge in [-0.1, -0.05) is 31.2 Å². The summed E-state index contributed by atoms with van der Waals surface area (Å²) in [7, 11) is 0. The number of nitrogens with zero attached hydrogens (tertiary/aromatic N) is 2. The SMILES string of the molecule is CCc1ccccc1NC(=O)c1ccnc(Nc2cc(C)cc(C)c2)n1. The molecular formula is C21H22N4O. The van der Waals surface area contributed by atoms with Crippen molar-refractivity contribution in [1.29, 1.82) is 0 Å². The smallest absolute Gasteiger partial charge is 0.274 e. The number of para-hydroxylation sites is 1. The number of amides is 1. The third kappa shape index (κ3) is 4.25. The summed E-state index contributed by atoms with van der Waals surface area (Å²) in [6.07, 6.45) is 2.43. The molecule has 3 rings (SSSR count). The van der Waals surface area contributed by atoms with E-state index in [0.717, 1.165) is 34.5 Å². The molecule has 0 aliphatic heterocycles. The lowest BCUT2D eigenvalue weighted by Gasteiger charge is -2.10. The molecule has 2 N–H and O–H groups in total. The second-order valence-electron chi connectivity index (χ2n) is 6.23. The molecule has 0 aliphatic carbocycles. The molecule has 26 heavy (non-hydrogen) atoms. The average Bonchev–Trinajstić information content (AvgIpc) is 2.61. The Labute approximate surface area is 153 Å². The molecule has 0 saturated heterocycles. The first-order valence-electron chi connectivity index (χ1n) is 8.63. The van der Waals surface area contributed by atoms with E-state index in [1.807, 2.05) is 50.2 Å². The first kappa shape index (κ1) is 17.6. The summed E-state index contributed by atoms with van der Waals surface area (Å²) in [6, 6.07) is 15.5. The van der Waals surface area contributed by atoms with Crippen molar-refractivity contribution in [3.8, 4) is 0 Å². The van der Waals surface area contributed by atoms with Crippen molar-refractivity contribution < 1.29 is 4.79 Å². The quantitative estimate of drug-likeness (QED) is 0.705. The maximum absolute atomic E-state index is 12.6. The van der Waals surface area contributed by atoms with Gasteiger partial charge in [-0.25, -0.2) is 9.97 Å². The Morgan fingerprint density at radius 2 is 1.77 bits per heavy atom. The lowest BCUT2D eigenvalue weighted by molar-refractivity contribution is 0.102. The molecule has 0 aliphatic rings. The van der Waals surface area contributed by atoms with Gasteiger partial charge in [0, 0.05) is 17.6 Å². The Morgan fingerprint density at radius 1 is 1.04 bits per heavy atom. The molecule has 5 nitrogen and oxygen atoms in total. The number of nitrogens with one attached hydrogen (secondary N) is 2. The normalized spacial score (nSPS) is 10.4. The van der Waals surface area contributed by atoms with Crippen molar-refractivity contribution in [3.63, 3.8) is 0 Å². The molecule has 2 aromatic carbocycles. The number of aromatic nitrogens is 2. The highest BCUT2D eigenvalue weighted by Crippen LogP contribution is 2.19. The molecule has 0 fully saturated rings. The maximum Gasteiger partial charge on any atom is 0.274 e. The molecule has 1 heterocycles. The average molecular weight is 346 g/mol. The van der Waals surface area contributed by atoms with E-state index in [9.17, 15) is 4.79 Å². The molecule has 0 spiro atoms. The molecule has 0 atom stereocenters. The lowest BCUT2D eigenvalue weighted by Crippen LogP contribution is -2.15. The summed E-state index contributed by atoms with van der Waals surface area (Å²) in [6.45, 7) is 6.13. The molecular weight excluding hydrogens is 324 g/mol. The van der Waals surface area contributed by atoms with Crippen molar-refractivity contribution in [2.75, 3.05) is 10.6 Å². The minimum absolute atomic E-state index is 0.253. The van der Waals surface area contributed by atoms with Crippen molar-refractivity contribution in [3.05, 3.63) is 77.1 Å². The summed E-state index contributed by atoms with van der Waals surface area (Å²) in [5, 5.41) is 6.10. The van der Waals surface area contributed by atoms with E-state index in [4.69, 9.17) is 0 Å². The number of aryl methyl sites for hydroxylation is 3. The monoisotopic (exact) mass is 346 g/mol. The molecule has 132 valence electrons. The third-order valence-corrected chi connectivity index (χ3v) is 4.01. The highest BCUT2D eigenvalue weighted by atomic mass is 16.1. The van der Waals surface area contributed by atoms with Gasteiger partial charge in [-0.05, 0) is 61.2 Å². The van der Waals surface area contributed by atoms with E-state index >= 15 is 0 Å². The number of rotatable bonds is 5. The zero-order valence-electron chi connectivity index (χ0n) is 15.2. The van der Waals surface area contributed by atoms with Crippen LogP contribution >= 0.6 is 0 Å². The van der Waals surface area contributed by atoms with Gasteiger partial charge in [0.25, 0.3) is 5.91 Å². The van der Waals surface area contributed by atoms with E-state index in [2.05, 4.69) is 33.6 Å². The van der Waals surface area contributed by atoms with Crippen LogP contribution in [0.4, 0.5) is 17.3 Å². The topological polar surface area (TPSA) is 66.9 Å². The van der Waals surface area contributed by atoms with Crippen molar-refractivity contribution in [2.24, 2.45) is 0 Å². The fourth-order valence-electron chi connectivity index (χ4n) is 2.86. The van der Waals surface area contributed by atoms with Crippen LogP contribution in [-0.4, -0.2) is 15.9 Å². The largest absolute Gasteiger partial charge is 0.324 e. The number of carbonyl (C=O) groups is 1. The fourth-order valence-corrected chi connectivity index (χ4v) is 2.86. The summed E-state index contributed by atoms with van der Waals surface area (Å²) >= 11 is 0. The van der Waals surface area contributed by atoms with Crippen LogP contribution in [0.1, 0.15) is 34.1 Å². The van der Waals surface area contributed by atoms with E-state index in [1.165, 1.54) is 0 Å². The van der Waals surface area contributed by atoms with Crippen LogP contribution < -0.4 is 10.6 Å². The summed E-state index contributed by atoms with van der Waals surface area (Å²) in [4.78, 5) is 21.1. The van der Waals surface area contributed by atoms with Gasteiger partial charge in [-0.15, -0.1) is 0 Å². The Morgan fingerprint density at radius 3 is 2.50 bits per heavy atom. The van der Waals surface area contributed by atoms with E-state index < -0.39 is 0 Å². The Balaban J connectivity index is 1.79. The number of carbonyl (C=O) groups excluding carboxylic acids is 1. The van der Waals surface area contributed by atoms with Crippen molar-refractivity contribution >= 4 is 23.2 Å². The number of hydrogen-bond acceptors (Lipinski definition) is 4. The molecule has 0 bridgehead atoms. The first-order valence-corrected chi connectivity index (χ1v) is 8.63. The second kappa shape index (κ2) is 7.78. The van der Waals surface area contributed by atoms with Gasteiger partial charge in [0.15, 0.2) is 0 Å². The molecule has 0 saturated carbocycles. The molecule has 5 heteroatoms. The van der Waals surface area contributed by atoms with Crippen LogP contribution in [0.15, 0.2) is 54.7 Å². The Hall–Kier alpha value is -3.21. The number of benzene rings is 2. The maximum atomic E-state index is 12.6. The van der Waals surface area contributed by atoms with Gasteiger partial charge in [0.05, 0.1) is 0 Å². The molecule has 0 unspecified atom stereocenters. The van der Waals surface area contributed by atoms with Crippen LogP contribution in [0.5, 0.6) is 0 Å². The van der Waals surface area contributed by atoms with Crippen molar-refractivity contribution in [2.45, 2.75) is 27.2 Å². The number of anilines is 3. The van der Waals surface area contributed by atoms with Crippen LogP contribution in [0.2, 0.25) is 0 Å². The van der Waals surface area contributed by atoms with Gasteiger partial charge in [0.2, 0.25) is 5.95 Å². The summed E-state index contributed by atoms with van der Waals surface area (Å²) < 4.78 is 0. The van der Waals surface area contributed by atoms with E-state index in [1.54, 1.807) is 12.3 Å². The molecule has 3 aromatic rings. The van der Waals surface area contributed by atoms with Crippen LogP contribution in [0.25, 0.3) is 0 Å². The van der Waals surface area contributed by atoms with Gasteiger partial charge in [-0.2, -0.15) is 0 Å². The molecule has 1 amide bonds. The molecule has 1 aromatic heterocycles. The Kier molecular flexibility index (Phi) is 5.27. The van der Waals surface area contributed by atoms with E-state index in [-0.39, 0.29) is 5.91 Å². The predicted octanol–water partition coefficient (Wildman–Crippen LogP) is 4.65. The first-order chi connectivity index (χ1) is 12.5. The van der Waals surface area contributed by atoms with Gasteiger partial charge in [-0.3, -0.25) is 4.79 Å². The standard InChI is InChI=1S/C21H22N4O/c1-4-16-7-5-6-8-18(16)24-20(26)19-9-10-22-21(25-19)23-17-12-14(2)11-15(3)13-17/h5-13H,4H2,1-3H3,(H,24,26)(H,22,23,25). The fraction of sp³-hybridized carbons (Fsp3) is 0.190. The molecule has 0 radical (unpaired) electrons. The third-order valence-electron chi connectivity index (χ3n) is 4.01. The highest BCUT2D eigenvalue weighted by molar-refractivity contribution is 6.03. The van der Waals surface area contributed by atoms with Crippen LogP contribution in [-0.2, 0) is 6.42 Å². The Bertz CT molecular complexity index is 917. The second-order valence-corrected chi connectivity index (χ2v) is 6.23. The van der Waals surface area contributed by atoms with Crippen LogP contribution in [0, 0.1) is 13.8 Å². The summed E-state index contributed by atoms with van der Waals surface area (Å²) in [5.41, 5.74) is 5.41. The van der Waals surface area contributed by atoms with Gasteiger partial charge in [0.1, 0.15) is 5.69 Å². The summed E-state index contributed by atoms with van der Waals surface area (Å²) in [5.74, 6) is 0.142. The predicted molar refractivity (Wildman–Crippen MR) is 105 cm³/mol. The van der Waals surface area contributed by atoms with Gasteiger partial charge < -0.3 is 10.6 Å². The van der Waals surface area contributed by atoms with E-state index in [0.29, 0.717) is 11.6 Å².